The second-order valence-electron chi connectivity index (χ2n) is 5.18. The highest BCUT2D eigenvalue weighted by Crippen LogP contribution is 2.26. The lowest BCUT2D eigenvalue weighted by Gasteiger charge is -2.16. The van der Waals surface area contributed by atoms with Gasteiger partial charge in [-0.3, -0.25) is 9.89 Å². The lowest BCUT2D eigenvalue weighted by molar-refractivity contribution is 0.0942. The number of amides is 1. The predicted molar refractivity (Wildman–Crippen MR) is 91.4 cm³/mol. The Morgan fingerprint density at radius 1 is 1.27 bits per heavy atom. The van der Waals surface area contributed by atoms with Crippen LogP contribution in [0.25, 0.3) is 5.82 Å². The summed E-state index contributed by atoms with van der Waals surface area (Å²) in [5, 5.41) is 29.3. The second-order valence-corrected chi connectivity index (χ2v) is 6.22. The number of carbonyl (C=O) groups is 1. The highest BCUT2D eigenvalue weighted by Gasteiger charge is 2.24. The predicted octanol–water partition coefficient (Wildman–Crippen LogP) is 0.339. The minimum Gasteiger partial charge on any atom is -0.374 e. The number of aromatic amines is 1. The topological polar surface area (TPSA) is 153 Å². The molecule has 3 heterocycles. The molecule has 11 nitrogen and oxygen atoms in total. The van der Waals surface area contributed by atoms with Gasteiger partial charge < -0.3 is 11.1 Å². The molecule has 1 amide bonds. The molecule has 0 aliphatic heterocycles. The van der Waals surface area contributed by atoms with Crippen LogP contribution >= 0.6 is 11.3 Å². The maximum absolute atomic E-state index is 12.9. The van der Waals surface area contributed by atoms with Gasteiger partial charge in [0, 0.05) is 0 Å². The Kier molecular flexibility index (Phi) is 4.07. The van der Waals surface area contributed by atoms with Gasteiger partial charge in [-0.05, 0) is 16.0 Å². The Hall–Kier alpha value is -3.67. The minimum absolute atomic E-state index is 0.288. The van der Waals surface area contributed by atoms with Crippen molar-refractivity contribution in [3.8, 4) is 5.82 Å². The van der Waals surface area contributed by atoms with E-state index >= 15 is 0 Å². The van der Waals surface area contributed by atoms with Crippen LogP contribution in [0.4, 0.5) is 5.13 Å². The number of nitrogens with two attached hydrogens (primary N) is 1. The number of H-pyrrole nitrogens is 1. The van der Waals surface area contributed by atoms with E-state index in [9.17, 15) is 4.79 Å². The maximum atomic E-state index is 12.9. The van der Waals surface area contributed by atoms with Gasteiger partial charge in [-0.2, -0.15) is 9.78 Å². The van der Waals surface area contributed by atoms with Gasteiger partial charge >= 0.3 is 0 Å². The summed E-state index contributed by atoms with van der Waals surface area (Å²) in [4.78, 5) is 12.9. The average Bonchev–Trinajstić information content (AvgIpc) is 3.40. The van der Waals surface area contributed by atoms with E-state index in [2.05, 4.69) is 41.2 Å². The van der Waals surface area contributed by atoms with Crippen molar-refractivity contribution in [3.05, 3.63) is 59.0 Å². The van der Waals surface area contributed by atoms with Crippen molar-refractivity contribution in [1.29, 1.82) is 0 Å². The van der Waals surface area contributed by atoms with Gasteiger partial charge in [0.25, 0.3) is 5.91 Å². The number of nitrogens with one attached hydrogen (secondary N) is 2. The number of rotatable bonds is 5. The van der Waals surface area contributed by atoms with Crippen LogP contribution in [0.3, 0.4) is 0 Å². The van der Waals surface area contributed by atoms with Gasteiger partial charge in [-0.1, -0.05) is 41.7 Å². The molecule has 1 aromatic carbocycles. The molecule has 0 unspecified atom stereocenters. The van der Waals surface area contributed by atoms with E-state index in [1.54, 1.807) is 0 Å². The van der Waals surface area contributed by atoms with Crippen LogP contribution in [0, 0.1) is 0 Å². The third kappa shape index (κ3) is 3.00. The smallest absolute Gasteiger partial charge is 0.257 e. The lowest BCUT2D eigenvalue weighted by Crippen LogP contribution is -2.30. The molecule has 4 rings (SSSR count). The monoisotopic (exact) mass is 368 g/mol. The van der Waals surface area contributed by atoms with Gasteiger partial charge in [0.1, 0.15) is 22.9 Å². The number of anilines is 1. The largest absolute Gasteiger partial charge is 0.374 e. The van der Waals surface area contributed by atoms with Crippen molar-refractivity contribution in [2.24, 2.45) is 0 Å². The SMILES string of the molecule is Nc1nnc([C@@H](NC(=O)c2cn[nH]c2-n2cnnn2)c2ccccc2)s1. The van der Waals surface area contributed by atoms with Gasteiger partial charge in [-0.25, -0.2) is 0 Å². The third-order valence-corrected chi connectivity index (χ3v) is 4.37. The summed E-state index contributed by atoms with van der Waals surface area (Å²) in [6.45, 7) is 0. The number of carbonyl (C=O) groups excluding carboxylic acids is 1. The summed E-state index contributed by atoms with van der Waals surface area (Å²) in [5.41, 5.74) is 6.84. The quantitative estimate of drug-likeness (QED) is 0.456. The molecule has 3 aromatic heterocycles. The summed E-state index contributed by atoms with van der Waals surface area (Å²) in [5.74, 6) is -0.0111. The normalized spacial score (nSPS) is 12.0. The van der Waals surface area contributed by atoms with Crippen molar-refractivity contribution >= 4 is 22.4 Å². The molecule has 0 radical (unpaired) electrons. The van der Waals surface area contributed by atoms with E-state index in [1.807, 2.05) is 30.3 Å². The van der Waals surface area contributed by atoms with Crippen LogP contribution in [0.15, 0.2) is 42.9 Å². The Morgan fingerprint density at radius 3 is 2.81 bits per heavy atom. The zero-order chi connectivity index (χ0) is 17.9. The highest BCUT2D eigenvalue weighted by molar-refractivity contribution is 7.15. The summed E-state index contributed by atoms with van der Waals surface area (Å²) in [7, 11) is 0. The van der Waals surface area contributed by atoms with E-state index in [0.29, 0.717) is 16.0 Å². The number of benzene rings is 1. The summed E-state index contributed by atoms with van der Waals surface area (Å²) >= 11 is 1.21. The van der Waals surface area contributed by atoms with Gasteiger partial charge in [0.15, 0.2) is 5.82 Å². The van der Waals surface area contributed by atoms with E-state index in [1.165, 1.54) is 28.5 Å². The molecule has 130 valence electrons. The number of tetrazole rings is 1. The lowest BCUT2D eigenvalue weighted by atomic mass is 10.1. The molecule has 0 fully saturated rings. The van der Waals surface area contributed by atoms with Gasteiger partial charge in [0.05, 0.1) is 6.20 Å². The molecule has 0 aliphatic carbocycles. The standard InChI is InChI=1S/C14H12N10OS/c15-14-21-20-13(26-14)10(8-4-2-1-3-5-8)18-12(25)9-6-16-19-11(9)24-7-17-22-23-24/h1-7,10H,(H2,15,21)(H,16,19)(H,18,25)/t10-/m0/s1. The molecule has 12 heteroatoms. The molecule has 4 aromatic rings. The van der Waals surface area contributed by atoms with Crippen LogP contribution in [-0.4, -0.2) is 46.5 Å². The molecule has 26 heavy (non-hydrogen) atoms. The molecule has 0 bridgehead atoms. The average molecular weight is 368 g/mol. The van der Waals surface area contributed by atoms with Crippen molar-refractivity contribution in [3.63, 3.8) is 0 Å². The first-order valence-corrected chi connectivity index (χ1v) is 8.25. The molecule has 1 atom stereocenters. The van der Waals surface area contributed by atoms with Crippen LogP contribution < -0.4 is 11.1 Å². The molecule has 4 N–H and O–H groups in total. The first kappa shape index (κ1) is 15.8. The number of hydrogen-bond donors (Lipinski definition) is 3. The van der Waals surface area contributed by atoms with Gasteiger partial charge in [0.2, 0.25) is 5.13 Å². The fourth-order valence-corrected chi connectivity index (χ4v) is 3.08. The van der Waals surface area contributed by atoms with Gasteiger partial charge in [-0.15, -0.1) is 15.3 Å². The number of hydrogen-bond acceptors (Lipinski definition) is 9. The Morgan fingerprint density at radius 2 is 2.12 bits per heavy atom. The van der Waals surface area contributed by atoms with Crippen LogP contribution in [0.5, 0.6) is 0 Å². The zero-order valence-electron chi connectivity index (χ0n) is 13.1. The highest BCUT2D eigenvalue weighted by atomic mass is 32.1. The van der Waals surface area contributed by atoms with Crippen molar-refractivity contribution in [1.82, 2.24) is 45.9 Å². The van der Waals surface area contributed by atoms with Crippen molar-refractivity contribution in [2.75, 3.05) is 5.73 Å². The van der Waals surface area contributed by atoms with Crippen LogP contribution in [0.1, 0.15) is 27.0 Å². The second kappa shape index (κ2) is 6.68. The molecule has 0 saturated carbocycles. The fraction of sp³-hybridized carbons (Fsp3) is 0.0714. The Balaban J connectivity index is 1.67. The van der Waals surface area contributed by atoms with E-state index < -0.39 is 6.04 Å². The molecule has 0 saturated heterocycles. The number of nitrogen functional groups attached to an aromatic ring is 1. The number of nitrogens with zero attached hydrogens (tertiary/aromatic N) is 7. The molecular formula is C14H12N10OS. The minimum atomic E-state index is -0.505. The van der Waals surface area contributed by atoms with Crippen molar-refractivity contribution < 1.29 is 4.79 Å². The summed E-state index contributed by atoms with van der Waals surface area (Å²) in [6, 6.07) is 8.92. The van der Waals surface area contributed by atoms with E-state index in [4.69, 9.17) is 5.73 Å². The van der Waals surface area contributed by atoms with Crippen molar-refractivity contribution in [2.45, 2.75) is 6.04 Å². The summed E-state index contributed by atoms with van der Waals surface area (Å²) in [6.07, 6.45) is 2.77. The number of aromatic nitrogens is 8. The fourth-order valence-electron chi connectivity index (χ4n) is 2.39. The van der Waals surface area contributed by atoms with E-state index in [0.717, 1.165) is 5.56 Å². The van der Waals surface area contributed by atoms with E-state index in [-0.39, 0.29) is 11.5 Å². The molecule has 0 aliphatic rings. The molecular weight excluding hydrogens is 356 g/mol. The zero-order valence-corrected chi connectivity index (χ0v) is 14.0. The Bertz CT molecular complexity index is 1010. The van der Waals surface area contributed by atoms with Crippen LogP contribution in [0.2, 0.25) is 0 Å². The third-order valence-electron chi connectivity index (χ3n) is 3.55. The first-order valence-electron chi connectivity index (χ1n) is 7.44. The Labute approximate surface area is 150 Å². The summed E-state index contributed by atoms with van der Waals surface area (Å²) < 4.78 is 1.32. The van der Waals surface area contributed by atoms with Crippen LogP contribution in [-0.2, 0) is 0 Å². The molecule has 0 spiro atoms. The first-order chi connectivity index (χ1) is 12.7. The maximum Gasteiger partial charge on any atom is 0.257 e.